The normalized spacial score (nSPS) is 55.2. The van der Waals surface area contributed by atoms with Crippen LogP contribution in [0.25, 0.3) is 0 Å². The molecule has 0 unspecified atom stereocenters. The molecule has 0 bridgehead atoms. The Kier molecular flexibility index (Phi) is 6.62. The molecule has 0 radical (unpaired) electrons. The first kappa shape index (κ1) is 27.8. The Morgan fingerprint density at radius 1 is 0.974 bits per heavy atom. The number of cyclic esters (lactones) is 1. The maximum absolute atomic E-state index is 13.0. The van der Waals surface area contributed by atoms with Gasteiger partial charge in [-0.05, 0) is 81.6 Å². The Bertz CT molecular complexity index is 1050. The number of fused-ring (bicyclic) bond motifs is 5. The standard InChI is InChI=1S/C29H42O10/c1-15-22(32)23(33)24(34)25(38-15)39-17-3-8-27(14-30)19-4-7-26(2)18(16-11-21(31)37-13-16)6-10-29(26,36)20(19)5-9-28(27,35)12-17/h11,14-15,17-20,22-25,32-36H,3-10,12-13H2,1-2H3/t15-,17+,18+,19-,20+,22+,23-,24-,25+,26-,27+,28-,29+/m1/s1. The topological polar surface area (TPSA) is 163 Å². The summed E-state index contributed by atoms with van der Waals surface area (Å²) in [4.78, 5) is 24.8. The average Bonchev–Trinajstić information content (AvgIpc) is 3.45. The lowest BCUT2D eigenvalue weighted by molar-refractivity contribution is -0.317. The Balaban J connectivity index is 1.22. The number of aldehydes is 1. The van der Waals surface area contributed by atoms with Crippen LogP contribution in [0.15, 0.2) is 11.6 Å². The van der Waals surface area contributed by atoms with Gasteiger partial charge in [0.2, 0.25) is 0 Å². The fraction of sp³-hybridized carbons (Fsp3) is 0.862. The van der Waals surface area contributed by atoms with Gasteiger partial charge < -0.3 is 44.5 Å². The van der Waals surface area contributed by atoms with Crippen molar-refractivity contribution in [1.82, 2.24) is 0 Å². The van der Waals surface area contributed by atoms with Gasteiger partial charge in [-0.25, -0.2) is 4.79 Å². The fourth-order valence-electron chi connectivity index (χ4n) is 9.75. The van der Waals surface area contributed by atoms with Crippen molar-refractivity contribution >= 4 is 12.3 Å². The minimum atomic E-state index is -1.43. The summed E-state index contributed by atoms with van der Waals surface area (Å²) in [5, 5.41) is 55.0. The molecule has 0 aromatic heterocycles. The van der Waals surface area contributed by atoms with E-state index in [4.69, 9.17) is 14.2 Å². The maximum atomic E-state index is 13.0. The van der Waals surface area contributed by atoms with E-state index in [0.29, 0.717) is 44.9 Å². The van der Waals surface area contributed by atoms with Crippen LogP contribution in [-0.2, 0) is 23.8 Å². The first-order chi connectivity index (χ1) is 18.4. The molecule has 13 atom stereocenters. The van der Waals surface area contributed by atoms with Crippen LogP contribution in [0.1, 0.15) is 71.6 Å². The van der Waals surface area contributed by atoms with Gasteiger partial charge in [0.05, 0.1) is 28.8 Å². The van der Waals surface area contributed by atoms with E-state index in [-0.39, 0.29) is 36.8 Å². The van der Waals surface area contributed by atoms with E-state index in [1.54, 1.807) is 13.0 Å². The lowest BCUT2D eigenvalue weighted by Gasteiger charge is -2.65. The van der Waals surface area contributed by atoms with Crippen molar-refractivity contribution in [2.45, 2.75) is 120 Å². The smallest absolute Gasteiger partial charge is 0.331 e. The van der Waals surface area contributed by atoms with E-state index < -0.39 is 58.8 Å². The van der Waals surface area contributed by atoms with Crippen molar-refractivity contribution in [1.29, 1.82) is 0 Å². The Morgan fingerprint density at radius 2 is 1.72 bits per heavy atom. The van der Waals surface area contributed by atoms with Crippen LogP contribution in [0.3, 0.4) is 0 Å². The number of esters is 1. The van der Waals surface area contributed by atoms with Crippen molar-refractivity contribution in [3.8, 4) is 0 Å². The summed E-state index contributed by atoms with van der Waals surface area (Å²) in [5.41, 5.74) is -2.86. The van der Waals surface area contributed by atoms with Gasteiger partial charge in [-0.1, -0.05) is 6.92 Å². The Hall–Kier alpha value is -1.40. The highest BCUT2D eigenvalue weighted by atomic mass is 16.7. The van der Waals surface area contributed by atoms with Crippen molar-refractivity contribution in [3.05, 3.63) is 11.6 Å². The minimum Gasteiger partial charge on any atom is -0.458 e. The number of hydrogen-bond acceptors (Lipinski definition) is 10. The molecule has 0 amide bonds. The lowest BCUT2D eigenvalue weighted by atomic mass is 9.41. The number of ether oxygens (including phenoxy) is 3. The van der Waals surface area contributed by atoms with Gasteiger partial charge in [0.25, 0.3) is 0 Å². The molecule has 4 aliphatic carbocycles. The zero-order valence-electron chi connectivity index (χ0n) is 22.7. The number of aliphatic hydroxyl groups excluding tert-OH is 3. The second-order valence-electron chi connectivity index (χ2n) is 13.4. The number of hydrogen-bond donors (Lipinski definition) is 5. The molecule has 10 nitrogen and oxygen atoms in total. The summed E-state index contributed by atoms with van der Waals surface area (Å²) in [6.07, 6.45) is 0.689. The van der Waals surface area contributed by atoms with E-state index >= 15 is 0 Å². The fourth-order valence-corrected chi connectivity index (χ4v) is 9.75. The van der Waals surface area contributed by atoms with Gasteiger partial charge in [0, 0.05) is 17.9 Å². The second kappa shape index (κ2) is 9.31. The van der Waals surface area contributed by atoms with E-state index in [1.165, 1.54) is 0 Å². The zero-order chi connectivity index (χ0) is 28.0. The molecule has 5 N–H and O–H groups in total. The lowest BCUT2D eigenvalue weighted by Crippen LogP contribution is -2.69. The SMILES string of the molecule is C[C@H]1O[C@@H](O[C@H]2CC[C@]3(C=O)[C@@H]4CC[C@]5(C)[C@H](C6=CC(=O)OC6)CC[C@]5(O)[C@H]4CC[C@@]3(O)C2)[C@H](O)[C@H](O)[C@H]1O. The van der Waals surface area contributed by atoms with Crippen LogP contribution in [0.5, 0.6) is 0 Å². The molecule has 0 spiro atoms. The largest absolute Gasteiger partial charge is 0.458 e. The third-order valence-electron chi connectivity index (χ3n) is 12.0. The number of rotatable bonds is 4. The number of carbonyl (C=O) groups excluding carboxylic acids is 2. The van der Waals surface area contributed by atoms with Crippen LogP contribution in [0, 0.1) is 28.6 Å². The van der Waals surface area contributed by atoms with E-state index in [2.05, 4.69) is 6.92 Å². The zero-order valence-corrected chi connectivity index (χ0v) is 22.7. The highest BCUT2D eigenvalue weighted by molar-refractivity contribution is 5.85. The van der Waals surface area contributed by atoms with Crippen molar-refractivity contribution in [3.63, 3.8) is 0 Å². The molecule has 218 valence electrons. The molecular weight excluding hydrogens is 508 g/mol. The van der Waals surface area contributed by atoms with Crippen LogP contribution in [0.2, 0.25) is 0 Å². The monoisotopic (exact) mass is 550 g/mol. The van der Waals surface area contributed by atoms with E-state index in [0.717, 1.165) is 18.3 Å². The number of aliphatic hydroxyl groups is 5. The van der Waals surface area contributed by atoms with Crippen LogP contribution in [-0.4, -0.2) is 92.4 Å². The third kappa shape index (κ3) is 3.78. The Morgan fingerprint density at radius 3 is 2.41 bits per heavy atom. The molecule has 10 heteroatoms. The van der Waals surface area contributed by atoms with Crippen molar-refractivity contribution < 1.29 is 49.3 Å². The summed E-state index contributed by atoms with van der Waals surface area (Å²) in [6, 6.07) is 0. The van der Waals surface area contributed by atoms with Crippen LogP contribution in [0.4, 0.5) is 0 Å². The average molecular weight is 551 g/mol. The van der Waals surface area contributed by atoms with Crippen molar-refractivity contribution in [2.75, 3.05) is 6.61 Å². The van der Waals surface area contributed by atoms with E-state index in [9.17, 15) is 35.1 Å². The second-order valence-corrected chi connectivity index (χ2v) is 13.4. The van der Waals surface area contributed by atoms with Crippen LogP contribution >= 0.6 is 0 Å². The molecule has 6 aliphatic rings. The molecule has 4 saturated carbocycles. The minimum absolute atomic E-state index is 0.0465. The van der Waals surface area contributed by atoms with Gasteiger partial charge in [-0.15, -0.1) is 0 Å². The first-order valence-corrected chi connectivity index (χ1v) is 14.5. The number of carbonyl (C=O) groups is 2. The molecule has 5 fully saturated rings. The summed E-state index contributed by atoms with van der Waals surface area (Å²) < 4.78 is 16.9. The van der Waals surface area contributed by atoms with Gasteiger partial charge in [-0.3, -0.25) is 0 Å². The third-order valence-corrected chi connectivity index (χ3v) is 12.0. The molecule has 0 aromatic rings. The predicted molar refractivity (Wildman–Crippen MR) is 135 cm³/mol. The Labute approximate surface area is 228 Å². The quantitative estimate of drug-likeness (QED) is 0.192. The van der Waals surface area contributed by atoms with E-state index in [1.807, 2.05) is 0 Å². The van der Waals surface area contributed by atoms with Gasteiger partial charge in [-0.2, -0.15) is 0 Å². The first-order valence-electron chi connectivity index (χ1n) is 14.5. The highest BCUT2D eigenvalue weighted by Gasteiger charge is 2.71. The molecule has 2 heterocycles. The summed E-state index contributed by atoms with van der Waals surface area (Å²) in [5.74, 6) is -0.616. The molecular formula is C29H42O10. The van der Waals surface area contributed by atoms with Gasteiger partial charge in [0.15, 0.2) is 6.29 Å². The molecule has 0 aromatic carbocycles. The summed E-state index contributed by atoms with van der Waals surface area (Å²) in [6.45, 7) is 3.98. The highest BCUT2D eigenvalue weighted by Crippen LogP contribution is 2.70. The molecule has 2 aliphatic heterocycles. The van der Waals surface area contributed by atoms with Crippen molar-refractivity contribution in [2.24, 2.45) is 28.6 Å². The van der Waals surface area contributed by atoms with Gasteiger partial charge >= 0.3 is 5.97 Å². The van der Waals surface area contributed by atoms with Gasteiger partial charge in [0.1, 0.15) is 31.2 Å². The molecule has 6 rings (SSSR count). The maximum Gasteiger partial charge on any atom is 0.331 e. The predicted octanol–water partition coefficient (Wildman–Crippen LogP) is 0.750. The summed E-state index contributed by atoms with van der Waals surface area (Å²) in [7, 11) is 0. The summed E-state index contributed by atoms with van der Waals surface area (Å²) >= 11 is 0. The molecule has 1 saturated heterocycles. The molecule has 39 heavy (non-hydrogen) atoms. The van der Waals surface area contributed by atoms with Crippen LogP contribution < -0.4 is 0 Å².